The maximum Gasteiger partial charge on any atom is 0.257 e. The molecule has 0 fully saturated rings. The summed E-state index contributed by atoms with van der Waals surface area (Å²) in [6.07, 6.45) is 2.96. The van der Waals surface area contributed by atoms with Gasteiger partial charge in [0.15, 0.2) is 5.82 Å². The lowest BCUT2D eigenvalue weighted by Gasteiger charge is -2.06. The van der Waals surface area contributed by atoms with E-state index in [2.05, 4.69) is 30.4 Å². The van der Waals surface area contributed by atoms with Gasteiger partial charge < -0.3 is 5.32 Å². The van der Waals surface area contributed by atoms with Gasteiger partial charge in [-0.1, -0.05) is 11.6 Å². The topological polar surface area (TPSA) is 81.4 Å². The average molecular weight is 308 g/mol. The number of halogens is 1. The summed E-state index contributed by atoms with van der Waals surface area (Å²) in [5, 5.41) is 9.61. The van der Waals surface area contributed by atoms with Crippen LogP contribution in [0.1, 0.15) is 6.92 Å². The Hall–Kier alpha value is -2.06. The minimum absolute atomic E-state index is 0.396. The lowest BCUT2D eigenvalue weighted by molar-refractivity contribution is 0.797. The first-order chi connectivity index (χ1) is 9.78. The van der Waals surface area contributed by atoms with Crippen LogP contribution < -0.4 is 5.32 Å². The van der Waals surface area contributed by atoms with Crippen molar-refractivity contribution in [3.8, 4) is 16.6 Å². The highest BCUT2D eigenvalue weighted by Crippen LogP contribution is 2.31. The fourth-order valence-corrected chi connectivity index (χ4v) is 2.64. The van der Waals surface area contributed by atoms with E-state index in [4.69, 9.17) is 11.6 Å². The molecule has 0 spiro atoms. The quantitative estimate of drug-likeness (QED) is 0.796. The molecule has 0 aliphatic carbocycles. The Morgan fingerprint density at radius 1 is 1.35 bits per heavy atom. The second-order valence-electron chi connectivity index (χ2n) is 3.75. The van der Waals surface area contributed by atoms with E-state index in [0.717, 1.165) is 4.88 Å². The van der Waals surface area contributed by atoms with E-state index in [9.17, 15) is 0 Å². The number of hydrogen-bond donors (Lipinski definition) is 1. The van der Waals surface area contributed by atoms with E-state index in [1.165, 1.54) is 28.7 Å². The zero-order valence-electron chi connectivity index (χ0n) is 10.5. The summed E-state index contributed by atoms with van der Waals surface area (Å²) in [5.41, 5.74) is 0. The monoisotopic (exact) mass is 307 g/mol. The number of anilines is 1. The van der Waals surface area contributed by atoms with Crippen molar-refractivity contribution in [2.45, 2.75) is 6.92 Å². The molecular weight excluding hydrogens is 298 g/mol. The fourth-order valence-electron chi connectivity index (χ4n) is 1.57. The third-order valence-corrected chi connectivity index (χ3v) is 3.74. The van der Waals surface area contributed by atoms with E-state index < -0.39 is 0 Å². The molecule has 3 aromatic rings. The van der Waals surface area contributed by atoms with Gasteiger partial charge in [0.25, 0.3) is 5.95 Å². The molecule has 0 unspecified atom stereocenters. The zero-order valence-corrected chi connectivity index (χ0v) is 12.1. The molecule has 0 amide bonds. The largest absolute Gasteiger partial charge is 0.354 e. The van der Waals surface area contributed by atoms with Crippen LogP contribution in [0.3, 0.4) is 0 Å². The Labute approximate surface area is 123 Å². The number of aromatic nitrogens is 6. The van der Waals surface area contributed by atoms with E-state index in [0.29, 0.717) is 29.3 Å². The Balaban J connectivity index is 2.12. The minimum Gasteiger partial charge on any atom is -0.354 e. The molecule has 0 saturated heterocycles. The summed E-state index contributed by atoms with van der Waals surface area (Å²) in [7, 11) is 0. The van der Waals surface area contributed by atoms with Crippen LogP contribution in [-0.4, -0.2) is 36.3 Å². The van der Waals surface area contributed by atoms with Crippen LogP contribution in [0.2, 0.25) is 5.02 Å². The van der Waals surface area contributed by atoms with Crippen molar-refractivity contribution in [1.29, 1.82) is 0 Å². The summed E-state index contributed by atoms with van der Waals surface area (Å²) in [5.74, 6) is 1.39. The normalized spacial score (nSPS) is 10.7. The zero-order chi connectivity index (χ0) is 13.9. The molecule has 7 nitrogen and oxygen atoms in total. The van der Waals surface area contributed by atoms with Crippen LogP contribution in [-0.2, 0) is 0 Å². The van der Waals surface area contributed by atoms with Gasteiger partial charge in [-0.3, -0.25) is 0 Å². The summed E-state index contributed by atoms with van der Waals surface area (Å²) in [6, 6.07) is 1.81. The Bertz CT molecular complexity index is 709. The van der Waals surface area contributed by atoms with E-state index in [1.807, 2.05) is 18.4 Å². The molecule has 0 radical (unpaired) electrons. The highest BCUT2D eigenvalue weighted by Gasteiger charge is 2.13. The van der Waals surface area contributed by atoms with Gasteiger partial charge in [0.2, 0.25) is 5.95 Å². The predicted molar refractivity (Wildman–Crippen MR) is 77.2 cm³/mol. The molecule has 3 rings (SSSR count). The van der Waals surface area contributed by atoms with Gasteiger partial charge in [-0.2, -0.15) is 24.7 Å². The van der Waals surface area contributed by atoms with Gasteiger partial charge in [-0.05, 0) is 18.4 Å². The van der Waals surface area contributed by atoms with Crippen molar-refractivity contribution in [1.82, 2.24) is 29.7 Å². The lowest BCUT2D eigenvalue weighted by atomic mass is 10.4. The van der Waals surface area contributed by atoms with Gasteiger partial charge in [0.1, 0.15) is 12.7 Å². The molecule has 0 aliphatic rings. The van der Waals surface area contributed by atoms with Gasteiger partial charge in [0.05, 0.1) is 9.90 Å². The molecule has 20 heavy (non-hydrogen) atoms. The molecule has 0 aliphatic heterocycles. The van der Waals surface area contributed by atoms with Crippen molar-refractivity contribution >= 4 is 28.9 Å². The van der Waals surface area contributed by atoms with Crippen LogP contribution >= 0.6 is 22.9 Å². The number of hydrogen-bond acceptors (Lipinski definition) is 7. The summed E-state index contributed by atoms with van der Waals surface area (Å²) in [4.78, 5) is 17.7. The van der Waals surface area contributed by atoms with Crippen molar-refractivity contribution in [2.75, 3.05) is 11.9 Å². The first kappa shape index (κ1) is 12.9. The highest BCUT2D eigenvalue weighted by molar-refractivity contribution is 7.14. The van der Waals surface area contributed by atoms with Crippen LogP contribution in [0.4, 0.5) is 5.95 Å². The Morgan fingerprint density at radius 2 is 2.25 bits per heavy atom. The fraction of sp³-hybridized carbons (Fsp3) is 0.182. The molecule has 102 valence electrons. The second-order valence-corrected chi connectivity index (χ2v) is 5.07. The number of rotatable bonds is 4. The van der Waals surface area contributed by atoms with Gasteiger partial charge in [0, 0.05) is 6.54 Å². The molecule has 0 aromatic carbocycles. The van der Waals surface area contributed by atoms with Crippen LogP contribution in [0.15, 0.2) is 24.1 Å². The maximum atomic E-state index is 6.14. The van der Waals surface area contributed by atoms with Crippen LogP contribution in [0.5, 0.6) is 0 Å². The molecule has 3 heterocycles. The van der Waals surface area contributed by atoms with Crippen molar-refractivity contribution in [3.63, 3.8) is 0 Å². The number of thiophene rings is 1. The minimum atomic E-state index is 0.396. The standard InChI is InChI=1S/C11H10ClN7S/c1-2-14-10-16-9(8-7(12)3-4-20-8)17-11(18-10)19-6-13-5-15-19/h3-6H,2H2,1H3,(H,14,16,17,18). The third kappa shape index (κ3) is 2.47. The predicted octanol–water partition coefficient (Wildman–Crippen LogP) is 2.27. The summed E-state index contributed by atoms with van der Waals surface area (Å²) < 4.78 is 1.48. The van der Waals surface area contributed by atoms with Gasteiger partial charge >= 0.3 is 0 Å². The summed E-state index contributed by atoms with van der Waals surface area (Å²) >= 11 is 7.61. The third-order valence-electron chi connectivity index (χ3n) is 2.40. The smallest absolute Gasteiger partial charge is 0.257 e. The molecule has 0 bridgehead atoms. The average Bonchev–Trinajstić information content (AvgIpc) is 3.09. The van der Waals surface area contributed by atoms with E-state index in [-0.39, 0.29) is 0 Å². The van der Waals surface area contributed by atoms with Crippen LogP contribution in [0.25, 0.3) is 16.6 Å². The maximum absolute atomic E-state index is 6.14. The van der Waals surface area contributed by atoms with Crippen molar-refractivity contribution < 1.29 is 0 Å². The number of nitrogens with zero attached hydrogens (tertiary/aromatic N) is 6. The van der Waals surface area contributed by atoms with Crippen LogP contribution in [0, 0.1) is 0 Å². The number of nitrogens with one attached hydrogen (secondary N) is 1. The van der Waals surface area contributed by atoms with Crippen molar-refractivity contribution in [3.05, 3.63) is 29.1 Å². The molecule has 1 N–H and O–H groups in total. The first-order valence-electron chi connectivity index (χ1n) is 5.86. The SMILES string of the molecule is CCNc1nc(-c2sccc2Cl)nc(-n2cncn2)n1. The van der Waals surface area contributed by atoms with E-state index in [1.54, 1.807) is 0 Å². The molecular formula is C11H10ClN7S. The summed E-state index contributed by atoms with van der Waals surface area (Å²) in [6.45, 7) is 2.68. The van der Waals surface area contributed by atoms with Crippen molar-refractivity contribution in [2.24, 2.45) is 0 Å². The first-order valence-corrected chi connectivity index (χ1v) is 7.12. The van der Waals surface area contributed by atoms with Gasteiger partial charge in [-0.15, -0.1) is 11.3 Å². The Kier molecular flexibility index (Phi) is 3.57. The molecule has 0 saturated carbocycles. The Morgan fingerprint density at radius 3 is 2.90 bits per heavy atom. The molecule has 3 aromatic heterocycles. The highest BCUT2D eigenvalue weighted by atomic mass is 35.5. The van der Waals surface area contributed by atoms with E-state index >= 15 is 0 Å². The molecule has 0 atom stereocenters. The second kappa shape index (κ2) is 5.51. The lowest BCUT2D eigenvalue weighted by Crippen LogP contribution is -2.09. The van der Waals surface area contributed by atoms with Gasteiger partial charge in [-0.25, -0.2) is 4.98 Å². The molecule has 9 heteroatoms.